The molecule has 8 heteroatoms. The number of halogens is 2. The third-order valence-corrected chi connectivity index (χ3v) is 5.79. The van der Waals surface area contributed by atoms with Crippen LogP contribution in [0.4, 0.5) is 0 Å². The van der Waals surface area contributed by atoms with Crippen LogP contribution in [0.1, 0.15) is 22.5 Å². The minimum Gasteiger partial charge on any atom is -0.496 e. The molecule has 0 saturated carbocycles. The van der Waals surface area contributed by atoms with Crippen LogP contribution in [-0.2, 0) is 9.53 Å². The molecule has 0 aliphatic carbocycles. The lowest BCUT2D eigenvalue weighted by atomic mass is 10.1. The van der Waals surface area contributed by atoms with Crippen LogP contribution in [0, 0.1) is 11.8 Å². The van der Waals surface area contributed by atoms with Crippen molar-refractivity contribution in [3.63, 3.8) is 0 Å². The van der Waals surface area contributed by atoms with Gasteiger partial charge in [-0.05, 0) is 72.8 Å². The first-order chi connectivity index (χ1) is 17.9. The molecule has 1 N–H and O–H groups in total. The van der Waals surface area contributed by atoms with Gasteiger partial charge >= 0.3 is 5.97 Å². The van der Waals surface area contributed by atoms with E-state index >= 15 is 0 Å². The molecule has 0 aliphatic heterocycles. The number of benzene rings is 3. The number of nitrogens with one attached hydrogen (secondary N) is 1. The smallest absolute Gasteiger partial charge is 0.343 e. The number of aromatic amines is 1. The maximum Gasteiger partial charge on any atom is 0.343 e. The second-order valence-electron chi connectivity index (χ2n) is 7.72. The van der Waals surface area contributed by atoms with E-state index in [2.05, 4.69) is 26.5 Å². The van der Waals surface area contributed by atoms with E-state index in [1.807, 2.05) is 48.6 Å². The van der Waals surface area contributed by atoms with Gasteiger partial charge in [-0.1, -0.05) is 35.0 Å². The Bertz CT molecular complexity index is 1500. The second-order valence-corrected chi connectivity index (χ2v) is 8.57. The van der Waals surface area contributed by atoms with Gasteiger partial charge in [0.15, 0.2) is 6.61 Å². The van der Waals surface area contributed by atoms with Crippen molar-refractivity contribution >= 4 is 41.3 Å². The third kappa shape index (κ3) is 6.95. The average molecular weight is 533 g/mol. The maximum absolute atomic E-state index is 11.2. The molecule has 4 rings (SSSR count). The molecule has 0 saturated heterocycles. The Balaban J connectivity index is 1.49. The van der Waals surface area contributed by atoms with Crippen molar-refractivity contribution < 1.29 is 19.0 Å². The van der Waals surface area contributed by atoms with Crippen LogP contribution < -0.4 is 9.47 Å². The van der Waals surface area contributed by atoms with E-state index < -0.39 is 5.97 Å². The molecule has 0 atom stereocenters. The van der Waals surface area contributed by atoms with E-state index in [9.17, 15) is 4.79 Å². The van der Waals surface area contributed by atoms with Crippen LogP contribution in [-0.4, -0.2) is 36.8 Å². The first-order valence-electron chi connectivity index (χ1n) is 11.1. The van der Waals surface area contributed by atoms with Crippen LogP contribution >= 0.6 is 23.2 Å². The molecule has 0 unspecified atom stereocenters. The molecule has 0 aliphatic rings. The summed E-state index contributed by atoms with van der Waals surface area (Å²) in [5, 5.41) is 1.10. The lowest BCUT2D eigenvalue weighted by molar-refractivity contribution is -0.142. The first-order valence-corrected chi connectivity index (χ1v) is 11.9. The standard InChI is InChI=1S/C29H22Cl2N2O4/c1-35-27-13-7-20(4-3-19-5-10-23(11-6-19)37-18-29(34)36-2)15-21(27)8-14-28-32-17-26(33-28)24-12-9-22(30)16-25(24)31/h5-17H,18H2,1-2H3,(H,32,33)/b14-8+. The number of esters is 1. The van der Waals surface area contributed by atoms with E-state index in [0.29, 0.717) is 27.4 Å². The largest absolute Gasteiger partial charge is 0.496 e. The molecule has 0 spiro atoms. The van der Waals surface area contributed by atoms with Gasteiger partial charge in [-0.25, -0.2) is 9.78 Å². The molecule has 3 aromatic carbocycles. The quantitative estimate of drug-likeness (QED) is 0.217. The van der Waals surface area contributed by atoms with Gasteiger partial charge in [0.25, 0.3) is 0 Å². The topological polar surface area (TPSA) is 73.4 Å². The van der Waals surface area contributed by atoms with Crippen molar-refractivity contribution in [2.24, 2.45) is 0 Å². The fourth-order valence-corrected chi connectivity index (χ4v) is 3.85. The van der Waals surface area contributed by atoms with Gasteiger partial charge in [-0.2, -0.15) is 0 Å². The number of nitrogens with zero attached hydrogens (tertiary/aromatic N) is 1. The summed E-state index contributed by atoms with van der Waals surface area (Å²) in [6, 6.07) is 18.2. The van der Waals surface area contributed by atoms with Gasteiger partial charge in [-0.3, -0.25) is 0 Å². The van der Waals surface area contributed by atoms with Crippen molar-refractivity contribution in [2.45, 2.75) is 0 Å². The lowest BCUT2D eigenvalue weighted by Crippen LogP contribution is -2.12. The van der Waals surface area contributed by atoms with Crippen LogP contribution in [0.15, 0.2) is 66.9 Å². The van der Waals surface area contributed by atoms with Gasteiger partial charge < -0.3 is 19.2 Å². The number of rotatable bonds is 7. The lowest BCUT2D eigenvalue weighted by Gasteiger charge is -2.05. The summed E-state index contributed by atoms with van der Waals surface area (Å²) in [4.78, 5) is 18.9. The van der Waals surface area contributed by atoms with Crippen molar-refractivity contribution in [1.29, 1.82) is 0 Å². The molecular weight excluding hydrogens is 511 g/mol. The van der Waals surface area contributed by atoms with Gasteiger partial charge in [0.2, 0.25) is 0 Å². The van der Waals surface area contributed by atoms with Gasteiger partial charge in [0.05, 0.1) is 24.9 Å². The summed E-state index contributed by atoms with van der Waals surface area (Å²) < 4.78 is 15.4. The number of H-pyrrole nitrogens is 1. The maximum atomic E-state index is 11.2. The highest BCUT2D eigenvalue weighted by atomic mass is 35.5. The third-order valence-electron chi connectivity index (χ3n) is 5.25. The Labute approximate surface area is 224 Å². The Morgan fingerprint density at radius 1 is 0.973 bits per heavy atom. The highest BCUT2D eigenvalue weighted by Gasteiger charge is 2.08. The average Bonchev–Trinajstić information content (AvgIpc) is 3.38. The van der Waals surface area contributed by atoms with E-state index in [4.69, 9.17) is 32.7 Å². The van der Waals surface area contributed by atoms with Crippen molar-refractivity contribution in [1.82, 2.24) is 9.97 Å². The summed E-state index contributed by atoms with van der Waals surface area (Å²) >= 11 is 12.3. The molecule has 37 heavy (non-hydrogen) atoms. The van der Waals surface area contributed by atoms with E-state index in [1.54, 1.807) is 37.6 Å². The molecule has 186 valence electrons. The highest BCUT2D eigenvalue weighted by molar-refractivity contribution is 6.36. The normalized spacial score (nSPS) is 10.6. The minimum atomic E-state index is -0.438. The molecule has 0 fully saturated rings. The Morgan fingerprint density at radius 3 is 2.46 bits per heavy atom. The number of ether oxygens (including phenoxy) is 3. The predicted octanol–water partition coefficient (Wildman–Crippen LogP) is 6.51. The van der Waals surface area contributed by atoms with Crippen LogP contribution in [0.5, 0.6) is 11.5 Å². The summed E-state index contributed by atoms with van der Waals surface area (Å²) in [6.07, 6.45) is 5.55. The highest BCUT2D eigenvalue weighted by Crippen LogP contribution is 2.29. The Hall–Kier alpha value is -4.18. The molecule has 6 nitrogen and oxygen atoms in total. The summed E-state index contributed by atoms with van der Waals surface area (Å²) in [7, 11) is 2.94. The SMILES string of the molecule is COC(=O)COc1ccc(C#Cc2ccc(OC)c(/C=C/c3nc(-c4ccc(Cl)cc4Cl)c[nH]3)c2)cc1. The van der Waals surface area contributed by atoms with Gasteiger partial charge in [-0.15, -0.1) is 0 Å². The minimum absolute atomic E-state index is 0.141. The fourth-order valence-electron chi connectivity index (χ4n) is 3.35. The summed E-state index contributed by atoms with van der Waals surface area (Å²) in [5.41, 5.74) is 3.99. The van der Waals surface area contributed by atoms with Crippen LogP contribution in [0.2, 0.25) is 10.0 Å². The van der Waals surface area contributed by atoms with Gasteiger partial charge in [0, 0.05) is 33.5 Å². The number of methoxy groups -OCH3 is 2. The number of carbonyl (C=O) groups is 1. The molecule has 1 aromatic heterocycles. The number of imidazole rings is 1. The summed E-state index contributed by atoms with van der Waals surface area (Å²) in [5.74, 6) is 7.79. The monoisotopic (exact) mass is 532 g/mol. The molecule has 0 amide bonds. The van der Waals surface area contributed by atoms with Crippen molar-refractivity contribution in [2.75, 3.05) is 20.8 Å². The predicted molar refractivity (Wildman–Crippen MR) is 146 cm³/mol. The Kier molecular flexibility index (Phi) is 8.52. The molecular formula is C29H22Cl2N2O4. The molecule has 4 aromatic rings. The molecule has 1 heterocycles. The van der Waals surface area contributed by atoms with Gasteiger partial charge in [0.1, 0.15) is 17.3 Å². The number of hydrogen-bond acceptors (Lipinski definition) is 5. The van der Waals surface area contributed by atoms with Crippen LogP contribution in [0.3, 0.4) is 0 Å². The van der Waals surface area contributed by atoms with Crippen LogP contribution in [0.25, 0.3) is 23.4 Å². The van der Waals surface area contributed by atoms with E-state index in [-0.39, 0.29) is 6.61 Å². The molecule has 0 radical (unpaired) electrons. The zero-order chi connectivity index (χ0) is 26.2. The van der Waals surface area contributed by atoms with E-state index in [0.717, 1.165) is 27.9 Å². The summed E-state index contributed by atoms with van der Waals surface area (Å²) in [6.45, 7) is -0.141. The zero-order valence-corrected chi connectivity index (χ0v) is 21.6. The first kappa shape index (κ1) is 25.9. The molecule has 0 bridgehead atoms. The Morgan fingerprint density at radius 2 is 1.73 bits per heavy atom. The zero-order valence-electron chi connectivity index (χ0n) is 20.0. The van der Waals surface area contributed by atoms with E-state index in [1.165, 1.54) is 7.11 Å². The second kappa shape index (κ2) is 12.2. The van der Waals surface area contributed by atoms with Crippen molar-refractivity contribution in [3.8, 4) is 34.6 Å². The fraction of sp³-hybridized carbons (Fsp3) is 0.103. The number of aromatic nitrogens is 2. The number of carbonyl (C=O) groups excluding carboxylic acids is 1. The van der Waals surface area contributed by atoms with Crippen molar-refractivity contribution in [3.05, 3.63) is 99.4 Å². The number of hydrogen-bond donors (Lipinski definition) is 1.